The van der Waals surface area contributed by atoms with E-state index in [0.29, 0.717) is 6.04 Å². The Balaban J connectivity index is 2.09. The molecule has 18 heavy (non-hydrogen) atoms. The summed E-state index contributed by atoms with van der Waals surface area (Å²) >= 11 is 0. The Kier molecular flexibility index (Phi) is 4.33. The van der Waals surface area contributed by atoms with Gasteiger partial charge in [0.2, 0.25) is 0 Å². The van der Waals surface area contributed by atoms with Crippen LogP contribution in [0, 0.1) is 17.1 Å². The average molecular weight is 246 g/mol. The van der Waals surface area contributed by atoms with Gasteiger partial charge in [-0.15, -0.1) is 0 Å². The van der Waals surface area contributed by atoms with Crippen LogP contribution in [0.5, 0.6) is 0 Å². The zero-order chi connectivity index (χ0) is 13.0. The normalized spacial score (nSPS) is 16.1. The number of rotatable bonds is 4. The number of nitriles is 1. The second-order valence-corrected chi connectivity index (χ2v) is 4.93. The molecule has 3 heteroatoms. The van der Waals surface area contributed by atoms with E-state index in [1.54, 1.807) is 12.1 Å². The van der Waals surface area contributed by atoms with Gasteiger partial charge in [-0.3, -0.25) is 4.90 Å². The van der Waals surface area contributed by atoms with Gasteiger partial charge in [-0.2, -0.15) is 5.26 Å². The minimum absolute atomic E-state index is 0.148. The Morgan fingerprint density at radius 1 is 1.39 bits per heavy atom. The van der Waals surface area contributed by atoms with Crippen LogP contribution >= 0.6 is 0 Å². The van der Waals surface area contributed by atoms with E-state index in [-0.39, 0.29) is 5.56 Å². The van der Waals surface area contributed by atoms with Gasteiger partial charge in [0.15, 0.2) is 0 Å². The molecule has 1 saturated carbocycles. The molecule has 0 unspecified atom stereocenters. The van der Waals surface area contributed by atoms with Crippen LogP contribution in [0.15, 0.2) is 18.2 Å². The Bertz CT molecular complexity index is 444. The van der Waals surface area contributed by atoms with E-state index in [4.69, 9.17) is 5.26 Å². The van der Waals surface area contributed by atoms with Crippen molar-refractivity contribution in [2.75, 3.05) is 6.54 Å². The van der Waals surface area contributed by atoms with Crippen molar-refractivity contribution >= 4 is 0 Å². The van der Waals surface area contributed by atoms with Crippen LogP contribution in [0.1, 0.15) is 43.7 Å². The van der Waals surface area contributed by atoms with Crippen LogP contribution in [0.4, 0.5) is 4.39 Å². The van der Waals surface area contributed by atoms with E-state index in [1.165, 1.54) is 31.7 Å². The highest BCUT2D eigenvalue weighted by atomic mass is 19.1. The van der Waals surface area contributed by atoms with Gasteiger partial charge >= 0.3 is 0 Å². The number of hydrogen-bond donors (Lipinski definition) is 0. The second-order valence-electron chi connectivity index (χ2n) is 4.93. The van der Waals surface area contributed by atoms with Gasteiger partial charge in [0.25, 0.3) is 0 Å². The number of hydrogen-bond acceptors (Lipinski definition) is 2. The molecule has 1 aromatic carbocycles. The van der Waals surface area contributed by atoms with Gasteiger partial charge in [-0.25, -0.2) is 4.39 Å². The maximum atomic E-state index is 13.3. The second kappa shape index (κ2) is 5.97. The summed E-state index contributed by atoms with van der Waals surface area (Å²) < 4.78 is 13.3. The molecule has 0 aromatic heterocycles. The molecule has 2 nitrogen and oxygen atoms in total. The lowest BCUT2D eigenvalue weighted by atomic mass is 10.1. The minimum atomic E-state index is -0.426. The summed E-state index contributed by atoms with van der Waals surface area (Å²) in [6.45, 7) is 3.98. The molecule has 0 amide bonds. The summed E-state index contributed by atoms with van der Waals surface area (Å²) in [5, 5.41) is 8.84. The Morgan fingerprint density at radius 2 is 2.11 bits per heavy atom. The van der Waals surface area contributed by atoms with Crippen LogP contribution in [-0.4, -0.2) is 17.5 Å². The third-order valence-corrected chi connectivity index (χ3v) is 3.78. The van der Waals surface area contributed by atoms with E-state index in [2.05, 4.69) is 11.8 Å². The summed E-state index contributed by atoms with van der Waals surface area (Å²) in [7, 11) is 0. The van der Waals surface area contributed by atoms with Gasteiger partial charge in [0, 0.05) is 12.6 Å². The fourth-order valence-electron chi connectivity index (χ4n) is 2.76. The molecule has 0 bridgehead atoms. The lowest BCUT2D eigenvalue weighted by molar-refractivity contribution is 0.200. The summed E-state index contributed by atoms with van der Waals surface area (Å²) in [6, 6.07) is 7.42. The fourth-order valence-corrected chi connectivity index (χ4v) is 2.76. The van der Waals surface area contributed by atoms with Crippen LogP contribution in [0.25, 0.3) is 0 Å². The van der Waals surface area contributed by atoms with Gasteiger partial charge in [0.05, 0.1) is 5.56 Å². The lowest BCUT2D eigenvalue weighted by Gasteiger charge is -2.27. The molecule has 0 spiro atoms. The Labute approximate surface area is 108 Å². The van der Waals surface area contributed by atoms with Crippen molar-refractivity contribution < 1.29 is 4.39 Å². The standard InChI is InChI=1S/C15H19FN2/c1-2-18(14-5-3-4-6-14)11-12-7-8-15(16)13(9-12)10-17/h7-9,14H,2-6,11H2,1H3. The molecule has 1 aromatic rings. The van der Waals surface area contributed by atoms with Gasteiger partial charge in [0.1, 0.15) is 11.9 Å². The average Bonchev–Trinajstić information content (AvgIpc) is 2.91. The molecule has 0 aliphatic heterocycles. The highest BCUT2D eigenvalue weighted by molar-refractivity contribution is 5.34. The Hall–Kier alpha value is -1.40. The number of nitrogens with zero attached hydrogens (tertiary/aromatic N) is 2. The first-order chi connectivity index (χ1) is 8.74. The molecular formula is C15H19FN2. The minimum Gasteiger partial charge on any atom is -0.296 e. The predicted molar refractivity (Wildman–Crippen MR) is 69.5 cm³/mol. The zero-order valence-electron chi connectivity index (χ0n) is 10.8. The molecule has 0 N–H and O–H groups in total. The first-order valence-electron chi connectivity index (χ1n) is 6.67. The topological polar surface area (TPSA) is 27.0 Å². The van der Waals surface area contributed by atoms with Crippen LogP contribution in [0.2, 0.25) is 0 Å². The summed E-state index contributed by atoms with van der Waals surface area (Å²) in [5.74, 6) is -0.426. The molecule has 2 rings (SSSR count). The van der Waals surface area contributed by atoms with E-state index in [9.17, 15) is 4.39 Å². The van der Waals surface area contributed by atoms with Crippen LogP contribution in [0.3, 0.4) is 0 Å². The zero-order valence-corrected chi connectivity index (χ0v) is 10.8. The van der Waals surface area contributed by atoms with Crippen LogP contribution < -0.4 is 0 Å². The van der Waals surface area contributed by atoms with Crippen molar-refractivity contribution in [1.29, 1.82) is 5.26 Å². The largest absolute Gasteiger partial charge is 0.296 e. The quantitative estimate of drug-likeness (QED) is 0.813. The number of halogens is 1. The van der Waals surface area contributed by atoms with Gasteiger partial charge in [-0.1, -0.05) is 25.8 Å². The molecule has 1 aliphatic rings. The molecule has 1 fully saturated rings. The first kappa shape index (κ1) is 13.0. The smallest absolute Gasteiger partial charge is 0.140 e. The molecule has 0 saturated heterocycles. The molecule has 0 radical (unpaired) electrons. The summed E-state index contributed by atoms with van der Waals surface area (Å²) in [5.41, 5.74) is 1.18. The summed E-state index contributed by atoms with van der Waals surface area (Å²) in [4.78, 5) is 2.43. The van der Waals surface area contributed by atoms with Crippen molar-refractivity contribution in [2.24, 2.45) is 0 Å². The molecule has 0 atom stereocenters. The highest BCUT2D eigenvalue weighted by Crippen LogP contribution is 2.25. The first-order valence-corrected chi connectivity index (χ1v) is 6.67. The van der Waals surface area contributed by atoms with Crippen molar-refractivity contribution in [3.8, 4) is 6.07 Å². The third kappa shape index (κ3) is 2.88. The monoisotopic (exact) mass is 246 g/mol. The lowest BCUT2D eigenvalue weighted by Crippen LogP contribution is -2.32. The summed E-state index contributed by atoms with van der Waals surface area (Å²) in [6.07, 6.45) is 5.16. The maximum Gasteiger partial charge on any atom is 0.140 e. The maximum absolute atomic E-state index is 13.3. The Morgan fingerprint density at radius 3 is 2.72 bits per heavy atom. The van der Waals surface area contributed by atoms with Crippen molar-refractivity contribution in [2.45, 2.75) is 45.2 Å². The highest BCUT2D eigenvalue weighted by Gasteiger charge is 2.21. The van der Waals surface area contributed by atoms with E-state index >= 15 is 0 Å². The van der Waals surface area contributed by atoms with E-state index < -0.39 is 5.82 Å². The van der Waals surface area contributed by atoms with E-state index in [0.717, 1.165) is 18.7 Å². The van der Waals surface area contributed by atoms with E-state index in [1.807, 2.05) is 6.07 Å². The number of benzene rings is 1. The SMILES string of the molecule is CCN(Cc1ccc(F)c(C#N)c1)C1CCCC1. The fraction of sp³-hybridized carbons (Fsp3) is 0.533. The molecule has 96 valence electrons. The van der Waals surface area contributed by atoms with Crippen LogP contribution in [-0.2, 0) is 6.54 Å². The predicted octanol–water partition coefficient (Wildman–Crippen LogP) is 3.46. The molecule has 1 aliphatic carbocycles. The van der Waals surface area contributed by atoms with Gasteiger partial charge < -0.3 is 0 Å². The molecular weight excluding hydrogens is 227 g/mol. The van der Waals surface area contributed by atoms with Crippen molar-refractivity contribution in [1.82, 2.24) is 4.90 Å². The third-order valence-electron chi connectivity index (χ3n) is 3.78. The van der Waals surface area contributed by atoms with Gasteiger partial charge in [-0.05, 0) is 37.1 Å². The molecule has 0 heterocycles. The van der Waals surface area contributed by atoms with Crippen molar-refractivity contribution in [3.05, 3.63) is 35.1 Å². The van der Waals surface area contributed by atoms with Crippen molar-refractivity contribution in [3.63, 3.8) is 0 Å².